The molecule has 0 fully saturated rings. The fourth-order valence-electron chi connectivity index (χ4n) is 1.83. The number of halogens is 1. The Bertz CT molecular complexity index is 300. The van der Waals surface area contributed by atoms with E-state index in [2.05, 4.69) is 12.1 Å². The molecule has 13 heavy (non-hydrogen) atoms. The summed E-state index contributed by atoms with van der Waals surface area (Å²) in [4.78, 5) is 0. The first-order valence-electron chi connectivity index (χ1n) is 4.76. The lowest BCUT2D eigenvalue weighted by Crippen LogP contribution is -2.02. The third-order valence-corrected chi connectivity index (χ3v) is 2.63. The van der Waals surface area contributed by atoms with E-state index in [9.17, 15) is 4.39 Å². The minimum Gasteiger partial charge on any atom is -0.212 e. The van der Waals surface area contributed by atoms with Crippen LogP contribution in [0.25, 0.3) is 0 Å². The highest BCUT2D eigenvalue weighted by atomic mass is 19.1. The topological polar surface area (TPSA) is 0 Å². The number of rotatable bonds is 1. The molecule has 0 aliphatic heterocycles. The molecule has 1 aromatic carbocycles. The molecule has 0 saturated carbocycles. The van der Waals surface area contributed by atoms with E-state index >= 15 is 0 Å². The molecule has 0 spiro atoms. The molecular weight excluding hydrogens is 163 g/mol. The molecule has 1 aliphatic carbocycles. The van der Waals surface area contributed by atoms with Gasteiger partial charge in [-0.05, 0) is 30.7 Å². The SMILES string of the molecule is FC1=CCC(c2ccccc2)CC1. The average molecular weight is 176 g/mol. The van der Waals surface area contributed by atoms with Gasteiger partial charge in [0.15, 0.2) is 0 Å². The van der Waals surface area contributed by atoms with Crippen molar-refractivity contribution in [2.75, 3.05) is 0 Å². The van der Waals surface area contributed by atoms with Gasteiger partial charge in [0.05, 0.1) is 5.83 Å². The highest BCUT2D eigenvalue weighted by Gasteiger charge is 2.15. The smallest absolute Gasteiger partial charge is 0.0960 e. The molecule has 0 aromatic heterocycles. The summed E-state index contributed by atoms with van der Waals surface area (Å²) in [7, 11) is 0. The second kappa shape index (κ2) is 3.73. The van der Waals surface area contributed by atoms with Crippen LogP contribution in [0.15, 0.2) is 42.2 Å². The van der Waals surface area contributed by atoms with E-state index in [1.54, 1.807) is 6.08 Å². The monoisotopic (exact) mass is 176 g/mol. The standard InChI is InChI=1S/C12H13F/c13-12-8-6-11(7-9-12)10-4-2-1-3-5-10/h1-5,8,11H,6-7,9H2. The van der Waals surface area contributed by atoms with Gasteiger partial charge in [-0.1, -0.05) is 36.4 Å². The molecule has 0 nitrogen and oxygen atoms in total. The van der Waals surface area contributed by atoms with Gasteiger partial charge in [0, 0.05) is 0 Å². The molecule has 0 radical (unpaired) electrons. The van der Waals surface area contributed by atoms with Crippen LogP contribution in [0.4, 0.5) is 4.39 Å². The summed E-state index contributed by atoms with van der Waals surface area (Å²) >= 11 is 0. The van der Waals surface area contributed by atoms with Crippen LogP contribution < -0.4 is 0 Å². The first kappa shape index (κ1) is 8.49. The average Bonchev–Trinajstić information content (AvgIpc) is 2.20. The molecule has 68 valence electrons. The summed E-state index contributed by atoms with van der Waals surface area (Å²) in [6.45, 7) is 0. The first-order valence-corrected chi connectivity index (χ1v) is 4.76. The van der Waals surface area contributed by atoms with Crippen LogP contribution in [0, 0.1) is 0 Å². The second-order valence-corrected chi connectivity index (χ2v) is 3.53. The number of hydrogen-bond acceptors (Lipinski definition) is 0. The Morgan fingerprint density at radius 3 is 2.54 bits per heavy atom. The molecule has 1 unspecified atom stereocenters. The van der Waals surface area contributed by atoms with Gasteiger partial charge in [0.1, 0.15) is 0 Å². The van der Waals surface area contributed by atoms with Crippen LogP contribution in [-0.2, 0) is 0 Å². The normalized spacial score (nSPS) is 22.5. The van der Waals surface area contributed by atoms with Crippen molar-refractivity contribution in [2.45, 2.75) is 25.2 Å². The van der Waals surface area contributed by atoms with Crippen molar-refractivity contribution >= 4 is 0 Å². The highest BCUT2D eigenvalue weighted by molar-refractivity contribution is 5.22. The molecule has 1 heteroatoms. The molecule has 0 amide bonds. The molecule has 0 N–H and O–H groups in total. The van der Waals surface area contributed by atoms with Gasteiger partial charge in [0.2, 0.25) is 0 Å². The van der Waals surface area contributed by atoms with Gasteiger partial charge < -0.3 is 0 Å². The number of hydrogen-bond donors (Lipinski definition) is 0. The maximum absolute atomic E-state index is 12.7. The minimum absolute atomic E-state index is 0.0622. The van der Waals surface area contributed by atoms with E-state index < -0.39 is 0 Å². The Labute approximate surface area is 78.1 Å². The lowest BCUT2D eigenvalue weighted by atomic mass is 9.87. The molecule has 1 aromatic rings. The Balaban J connectivity index is 2.12. The van der Waals surface area contributed by atoms with Crippen molar-refractivity contribution in [3.8, 4) is 0 Å². The van der Waals surface area contributed by atoms with Gasteiger partial charge in [-0.25, -0.2) is 4.39 Å². The van der Waals surface area contributed by atoms with Crippen LogP contribution in [0.2, 0.25) is 0 Å². The summed E-state index contributed by atoms with van der Waals surface area (Å²) in [5.41, 5.74) is 1.34. The predicted molar refractivity (Wildman–Crippen MR) is 52.2 cm³/mol. The third kappa shape index (κ3) is 1.97. The molecule has 0 saturated heterocycles. The fraction of sp³-hybridized carbons (Fsp3) is 0.333. The van der Waals surface area contributed by atoms with Gasteiger partial charge in [-0.15, -0.1) is 0 Å². The maximum Gasteiger partial charge on any atom is 0.0960 e. The molecule has 1 aliphatic rings. The van der Waals surface area contributed by atoms with Crippen molar-refractivity contribution in [1.82, 2.24) is 0 Å². The van der Waals surface area contributed by atoms with Crippen molar-refractivity contribution in [3.05, 3.63) is 47.8 Å². The summed E-state index contributed by atoms with van der Waals surface area (Å²) in [5.74, 6) is 0.591. The van der Waals surface area contributed by atoms with E-state index in [0.29, 0.717) is 12.3 Å². The van der Waals surface area contributed by atoms with E-state index in [4.69, 9.17) is 0 Å². The van der Waals surface area contributed by atoms with Gasteiger partial charge in [-0.3, -0.25) is 0 Å². The van der Waals surface area contributed by atoms with E-state index in [1.165, 1.54) is 5.56 Å². The Kier molecular flexibility index (Phi) is 2.44. The van der Waals surface area contributed by atoms with Crippen LogP contribution >= 0.6 is 0 Å². The second-order valence-electron chi connectivity index (χ2n) is 3.53. The largest absolute Gasteiger partial charge is 0.212 e. The van der Waals surface area contributed by atoms with Crippen molar-refractivity contribution in [1.29, 1.82) is 0 Å². The van der Waals surface area contributed by atoms with Crippen LogP contribution in [0.5, 0.6) is 0 Å². The van der Waals surface area contributed by atoms with Crippen LogP contribution in [0.1, 0.15) is 30.7 Å². The first-order chi connectivity index (χ1) is 6.36. The molecule has 0 bridgehead atoms. The fourth-order valence-corrected chi connectivity index (χ4v) is 1.83. The number of allylic oxidation sites excluding steroid dienone is 2. The quantitative estimate of drug-likeness (QED) is 0.610. The van der Waals surface area contributed by atoms with E-state index in [1.807, 2.05) is 18.2 Å². The van der Waals surface area contributed by atoms with Crippen molar-refractivity contribution in [3.63, 3.8) is 0 Å². The van der Waals surface area contributed by atoms with E-state index in [-0.39, 0.29) is 5.83 Å². The van der Waals surface area contributed by atoms with Gasteiger partial charge in [-0.2, -0.15) is 0 Å². The zero-order valence-corrected chi connectivity index (χ0v) is 7.54. The Hall–Kier alpha value is -1.11. The molecule has 1 atom stereocenters. The zero-order chi connectivity index (χ0) is 9.10. The van der Waals surface area contributed by atoms with Crippen LogP contribution in [0.3, 0.4) is 0 Å². The maximum atomic E-state index is 12.7. The summed E-state index contributed by atoms with van der Waals surface area (Å²) in [6, 6.07) is 10.4. The lowest BCUT2D eigenvalue weighted by Gasteiger charge is -2.18. The molecular formula is C12H13F. The summed E-state index contributed by atoms with van der Waals surface area (Å²) in [5, 5.41) is 0. The van der Waals surface area contributed by atoms with E-state index in [0.717, 1.165) is 12.8 Å². The highest BCUT2D eigenvalue weighted by Crippen LogP contribution is 2.31. The Morgan fingerprint density at radius 2 is 1.92 bits per heavy atom. The van der Waals surface area contributed by atoms with Crippen molar-refractivity contribution in [2.24, 2.45) is 0 Å². The molecule has 0 heterocycles. The predicted octanol–water partition coefficient (Wildman–Crippen LogP) is 3.81. The van der Waals surface area contributed by atoms with Crippen molar-refractivity contribution < 1.29 is 4.39 Å². The summed E-state index contributed by atoms with van der Waals surface area (Å²) in [6.07, 6.45) is 4.14. The number of benzene rings is 1. The lowest BCUT2D eigenvalue weighted by molar-refractivity contribution is 0.497. The minimum atomic E-state index is 0.0622. The third-order valence-electron chi connectivity index (χ3n) is 2.63. The Morgan fingerprint density at radius 1 is 1.15 bits per heavy atom. The van der Waals surface area contributed by atoms with Gasteiger partial charge in [0.25, 0.3) is 0 Å². The zero-order valence-electron chi connectivity index (χ0n) is 7.54. The summed E-state index contributed by atoms with van der Waals surface area (Å²) < 4.78 is 12.7. The van der Waals surface area contributed by atoms with Crippen LogP contribution in [-0.4, -0.2) is 0 Å². The van der Waals surface area contributed by atoms with Gasteiger partial charge >= 0.3 is 0 Å². The molecule has 2 rings (SSSR count).